The smallest absolute Gasteiger partial charge is 0.338 e. The number of esters is 1. The van der Waals surface area contributed by atoms with Crippen LogP contribution in [0.2, 0.25) is 0 Å². The molecule has 24 heavy (non-hydrogen) atoms. The first kappa shape index (κ1) is 16.4. The minimum atomic E-state index is -0.433. The zero-order chi connectivity index (χ0) is 17.1. The molecular weight excluding hydrogens is 344 g/mol. The highest BCUT2D eigenvalue weighted by molar-refractivity contribution is 7.14. The first-order chi connectivity index (χ1) is 11.6. The number of benzene rings is 1. The van der Waals surface area contributed by atoms with E-state index in [1.165, 1.54) is 18.4 Å². The molecule has 0 aliphatic carbocycles. The van der Waals surface area contributed by atoms with Gasteiger partial charge in [0.05, 0.1) is 12.7 Å². The van der Waals surface area contributed by atoms with Crippen molar-refractivity contribution >= 4 is 40.2 Å². The molecule has 7 heteroatoms. The van der Waals surface area contributed by atoms with Gasteiger partial charge in [0, 0.05) is 22.0 Å². The second kappa shape index (κ2) is 6.94. The SMILES string of the molecule is COC(=O)c1cccc(NC(=O)c2csc(-c3ccsc3)n2)c1C. The lowest BCUT2D eigenvalue weighted by molar-refractivity contribution is 0.0599. The highest BCUT2D eigenvalue weighted by atomic mass is 32.1. The van der Waals surface area contributed by atoms with Crippen molar-refractivity contribution in [1.29, 1.82) is 0 Å². The van der Waals surface area contributed by atoms with Crippen LogP contribution in [0.4, 0.5) is 5.69 Å². The van der Waals surface area contributed by atoms with Crippen LogP contribution in [0, 0.1) is 6.92 Å². The minimum absolute atomic E-state index is 0.308. The monoisotopic (exact) mass is 358 g/mol. The van der Waals surface area contributed by atoms with Crippen LogP contribution in [-0.2, 0) is 4.74 Å². The number of ether oxygens (including phenoxy) is 1. The molecule has 0 fully saturated rings. The number of methoxy groups -OCH3 is 1. The number of amides is 1. The number of hydrogen-bond donors (Lipinski definition) is 1. The predicted molar refractivity (Wildman–Crippen MR) is 95.9 cm³/mol. The molecule has 2 heterocycles. The summed E-state index contributed by atoms with van der Waals surface area (Å²) in [7, 11) is 1.33. The average Bonchev–Trinajstić information content (AvgIpc) is 3.27. The number of carbonyl (C=O) groups excluding carboxylic acids is 2. The van der Waals surface area contributed by atoms with Gasteiger partial charge in [-0.1, -0.05) is 6.07 Å². The largest absolute Gasteiger partial charge is 0.465 e. The fourth-order valence-electron chi connectivity index (χ4n) is 2.19. The summed E-state index contributed by atoms with van der Waals surface area (Å²) in [6.45, 7) is 1.76. The van der Waals surface area contributed by atoms with E-state index in [1.807, 2.05) is 16.8 Å². The standard InChI is InChI=1S/C17H14N2O3S2/c1-10-12(17(21)22-2)4-3-5-13(10)18-15(20)14-9-24-16(19-14)11-6-7-23-8-11/h3-9H,1-2H3,(H,18,20). The Balaban J connectivity index is 1.82. The first-order valence-corrected chi connectivity index (χ1v) is 8.89. The Morgan fingerprint density at radius 1 is 1.21 bits per heavy atom. The fourth-order valence-corrected chi connectivity index (χ4v) is 3.70. The highest BCUT2D eigenvalue weighted by Gasteiger charge is 2.16. The van der Waals surface area contributed by atoms with Gasteiger partial charge in [0.2, 0.25) is 0 Å². The second-order valence-corrected chi connectivity index (χ2v) is 6.61. The number of rotatable bonds is 4. The number of thiophene rings is 1. The van der Waals surface area contributed by atoms with E-state index in [2.05, 4.69) is 10.3 Å². The van der Waals surface area contributed by atoms with E-state index in [-0.39, 0.29) is 5.91 Å². The van der Waals surface area contributed by atoms with Crippen molar-refractivity contribution in [2.45, 2.75) is 6.92 Å². The molecule has 2 aromatic heterocycles. The minimum Gasteiger partial charge on any atom is -0.465 e. The third kappa shape index (κ3) is 3.22. The molecule has 0 aliphatic rings. The van der Waals surface area contributed by atoms with E-state index in [1.54, 1.807) is 41.8 Å². The Kier molecular flexibility index (Phi) is 4.73. The molecule has 1 amide bonds. The quantitative estimate of drug-likeness (QED) is 0.709. The van der Waals surface area contributed by atoms with E-state index in [0.717, 1.165) is 10.6 Å². The van der Waals surface area contributed by atoms with Gasteiger partial charge in [0.1, 0.15) is 10.7 Å². The molecular formula is C17H14N2O3S2. The molecule has 0 radical (unpaired) electrons. The maximum Gasteiger partial charge on any atom is 0.338 e. The van der Waals surface area contributed by atoms with Crippen LogP contribution in [-0.4, -0.2) is 24.0 Å². The van der Waals surface area contributed by atoms with E-state index in [9.17, 15) is 9.59 Å². The summed E-state index contributed by atoms with van der Waals surface area (Å²) in [6, 6.07) is 7.07. The fraction of sp³-hybridized carbons (Fsp3) is 0.118. The van der Waals surface area contributed by atoms with Crippen LogP contribution < -0.4 is 5.32 Å². The third-order valence-corrected chi connectivity index (χ3v) is 5.07. The Bertz CT molecular complexity index is 885. The highest BCUT2D eigenvalue weighted by Crippen LogP contribution is 2.26. The zero-order valence-electron chi connectivity index (χ0n) is 13.0. The molecule has 0 unspecified atom stereocenters. The molecule has 3 rings (SSSR count). The van der Waals surface area contributed by atoms with E-state index in [0.29, 0.717) is 22.5 Å². The van der Waals surface area contributed by atoms with Crippen molar-refractivity contribution in [1.82, 2.24) is 4.98 Å². The molecule has 0 saturated heterocycles. The summed E-state index contributed by atoms with van der Waals surface area (Å²) >= 11 is 3.01. The first-order valence-electron chi connectivity index (χ1n) is 7.07. The van der Waals surface area contributed by atoms with Gasteiger partial charge in [-0.05, 0) is 36.1 Å². The lowest BCUT2D eigenvalue weighted by Gasteiger charge is -2.10. The Morgan fingerprint density at radius 3 is 2.75 bits per heavy atom. The van der Waals surface area contributed by atoms with Gasteiger partial charge in [-0.15, -0.1) is 11.3 Å². The lowest BCUT2D eigenvalue weighted by atomic mass is 10.1. The normalized spacial score (nSPS) is 10.4. The van der Waals surface area contributed by atoms with Crippen LogP contribution in [0.15, 0.2) is 40.4 Å². The second-order valence-electron chi connectivity index (χ2n) is 4.97. The van der Waals surface area contributed by atoms with Gasteiger partial charge in [0.25, 0.3) is 5.91 Å². The molecule has 1 aromatic carbocycles. The van der Waals surface area contributed by atoms with Crippen molar-refractivity contribution in [2.24, 2.45) is 0 Å². The number of nitrogens with zero attached hydrogens (tertiary/aromatic N) is 1. The van der Waals surface area contributed by atoms with Crippen LogP contribution in [0.3, 0.4) is 0 Å². The van der Waals surface area contributed by atoms with E-state index >= 15 is 0 Å². The van der Waals surface area contributed by atoms with Crippen molar-refractivity contribution in [3.05, 3.63) is 57.2 Å². The van der Waals surface area contributed by atoms with Crippen LogP contribution in [0.25, 0.3) is 10.6 Å². The molecule has 0 bridgehead atoms. The molecule has 5 nitrogen and oxygen atoms in total. The average molecular weight is 358 g/mol. The molecule has 3 aromatic rings. The predicted octanol–water partition coefficient (Wildman–Crippen LogP) is 4.22. The molecule has 0 saturated carbocycles. The molecule has 0 aliphatic heterocycles. The number of aromatic nitrogens is 1. The van der Waals surface area contributed by atoms with Gasteiger partial charge in [-0.25, -0.2) is 9.78 Å². The van der Waals surface area contributed by atoms with E-state index in [4.69, 9.17) is 4.74 Å². The maximum absolute atomic E-state index is 12.4. The Labute approximate surface area is 146 Å². The van der Waals surface area contributed by atoms with Crippen molar-refractivity contribution in [3.8, 4) is 10.6 Å². The number of carbonyl (C=O) groups is 2. The summed E-state index contributed by atoms with van der Waals surface area (Å²) in [5.74, 6) is -0.741. The molecule has 0 spiro atoms. The Morgan fingerprint density at radius 2 is 2.04 bits per heavy atom. The number of hydrogen-bond acceptors (Lipinski definition) is 6. The summed E-state index contributed by atoms with van der Waals surface area (Å²) in [4.78, 5) is 28.5. The summed E-state index contributed by atoms with van der Waals surface area (Å²) in [5, 5.41) is 9.30. The van der Waals surface area contributed by atoms with Gasteiger partial charge >= 0.3 is 5.97 Å². The summed E-state index contributed by atoms with van der Waals surface area (Å²) in [5.41, 5.74) is 3.00. The topological polar surface area (TPSA) is 68.3 Å². The van der Waals surface area contributed by atoms with E-state index < -0.39 is 5.97 Å². The van der Waals surface area contributed by atoms with Gasteiger partial charge in [-0.2, -0.15) is 11.3 Å². The lowest BCUT2D eigenvalue weighted by Crippen LogP contribution is -2.14. The maximum atomic E-state index is 12.4. The van der Waals surface area contributed by atoms with Crippen molar-refractivity contribution < 1.29 is 14.3 Å². The van der Waals surface area contributed by atoms with Crippen LogP contribution >= 0.6 is 22.7 Å². The molecule has 0 atom stereocenters. The molecule has 1 N–H and O–H groups in total. The summed E-state index contributed by atoms with van der Waals surface area (Å²) in [6.07, 6.45) is 0. The van der Waals surface area contributed by atoms with Crippen molar-refractivity contribution in [3.63, 3.8) is 0 Å². The van der Waals surface area contributed by atoms with Crippen molar-refractivity contribution in [2.75, 3.05) is 12.4 Å². The summed E-state index contributed by atoms with van der Waals surface area (Å²) < 4.78 is 4.75. The Hall–Kier alpha value is -2.51. The number of thiazole rings is 1. The number of anilines is 1. The number of nitrogens with one attached hydrogen (secondary N) is 1. The molecule has 122 valence electrons. The van der Waals surface area contributed by atoms with Gasteiger partial charge in [0.15, 0.2) is 0 Å². The zero-order valence-corrected chi connectivity index (χ0v) is 14.7. The van der Waals surface area contributed by atoms with Gasteiger partial charge < -0.3 is 10.1 Å². The van der Waals surface area contributed by atoms with Crippen LogP contribution in [0.1, 0.15) is 26.4 Å². The third-order valence-electron chi connectivity index (χ3n) is 3.49. The van der Waals surface area contributed by atoms with Crippen LogP contribution in [0.5, 0.6) is 0 Å². The van der Waals surface area contributed by atoms with Gasteiger partial charge in [-0.3, -0.25) is 4.79 Å².